The summed E-state index contributed by atoms with van der Waals surface area (Å²) in [6, 6.07) is 10.4. The van der Waals surface area contributed by atoms with Crippen LogP contribution in [0.15, 0.2) is 63.5 Å². The van der Waals surface area contributed by atoms with Crippen LogP contribution in [0.1, 0.15) is 24.7 Å². The molecule has 0 bridgehead atoms. The van der Waals surface area contributed by atoms with Gasteiger partial charge in [-0.2, -0.15) is 4.98 Å². The normalized spacial score (nSPS) is 15.6. The second kappa shape index (κ2) is 9.24. The van der Waals surface area contributed by atoms with Gasteiger partial charge in [0.1, 0.15) is 22.8 Å². The van der Waals surface area contributed by atoms with E-state index in [4.69, 9.17) is 16.6 Å². The van der Waals surface area contributed by atoms with Crippen molar-refractivity contribution in [2.24, 2.45) is 0 Å². The van der Waals surface area contributed by atoms with Gasteiger partial charge in [-0.25, -0.2) is 19.3 Å². The number of aromatic amines is 1. The van der Waals surface area contributed by atoms with E-state index in [1.165, 1.54) is 40.9 Å². The first-order chi connectivity index (χ1) is 18.0. The highest BCUT2D eigenvalue weighted by Crippen LogP contribution is 2.38. The number of benzene rings is 2. The van der Waals surface area contributed by atoms with Crippen molar-refractivity contribution in [1.82, 2.24) is 29.5 Å². The first kappa shape index (κ1) is 23.6. The van der Waals surface area contributed by atoms with Crippen molar-refractivity contribution < 1.29 is 4.39 Å². The molecule has 0 spiro atoms. The highest BCUT2D eigenvalue weighted by Gasteiger charge is 2.34. The molecule has 1 fully saturated rings. The molecule has 3 aromatic heterocycles. The Balaban J connectivity index is 1.64. The van der Waals surface area contributed by atoms with Crippen molar-refractivity contribution in [1.29, 1.82) is 0 Å². The van der Waals surface area contributed by atoms with Gasteiger partial charge in [0.15, 0.2) is 10.8 Å². The monoisotopic (exact) mass is 535 g/mol. The molecule has 1 unspecified atom stereocenters. The van der Waals surface area contributed by atoms with Crippen LogP contribution in [0.3, 0.4) is 0 Å². The van der Waals surface area contributed by atoms with E-state index in [-0.39, 0.29) is 15.8 Å². The quantitative estimate of drug-likeness (QED) is 0.268. The molecule has 1 aliphatic rings. The van der Waals surface area contributed by atoms with E-state index in [2.05, 4.69) is 19.9 Å². The molecule has 1 aliphatic heterocycles. The molecule has 186 valence electrons. The van der Waals surface area contributed by atoms with Crippen LogP contribution in [0.4, 0.5) is 10.2 Å². The number of rotatable bonds is 4. The standard InChI is InChI=1S/C25H19ClFN7O2S/c1-37-25-31-20-19(23(35)29-12-28-20)22(32-25)33-10-4-9-17(33)21-30-16-8-3-7-15(26)18(16)24(36)34(21)14-6-2-5-13(27)11-14/h2-3,5-8,11-12,17H,4,9-10H2,1H3,(H,28,29,31,32,35). The third kappa shape index (κ3) is 3.94. The maximum atomic E-state index is 14.3. The fraction of sp³-hybridized carbons (Fsp3) is 0.200. The van der Waals surface area contributed by atoms with Crippen molar-refractivity contribution in [2.75, 3.05) is 17.7 Å². The van der Waals surface area contributed by atoms with Gasteiger partial charge in [0.05, 0.1) is 34.0 Å². The van der Waals surface area contributed by atoms with Gasteiger partial charge >= 0.3 is 0 Å². The van der Waals surface area contributed by atoms with Crippen LogP contribution >= 0.6 is 23.4 Å². The number of nitrogens with zero attached hydrogens (tertiary/aromatic N) is 6. The fourth-order valence-corrected chi connectivity index (χ4v) is 5.44. The summed E-state index contributed by atoms with van der Waals surface area (Å²) in [5.74, 6) is 0.333. The maximum Gasteiger partial charge on any atom is 0.285 e. The molecule has 4 heterocycles. The molecule has 0 aliphatic carbocycles. The average Bonchev–Trinajstić information content (AvgIpc) is 3.38. The first-order valence-corrected chi connectivity index (χ1v) is 13.1. The van der Waals surface area contributed by atoms with Gasteiger partial charge in [0.25, 0.3) is 11.1 Å². The zero-order valence-corrected chi connectivity index (χ0v) is 21.1. The first-order valence-electron chi connectivity index (χ1n) is 11.5. The molecule has 37 heavy (non-hydrogen) atoms. The summed E-state index contributed by atoms with van der Waals surface area (Å²) in [5, 5.41) is 1.25. The van der Waals surface area contributed by atoms with Gasteiger partial charge < -0.3 is 9.88 Å². The van der Waals surface area contributed by atoms with Crippen molar-refractivity contribution in [3.8, 4) is 5.69 Å². The van der Waals surface area contributed by atoms with E-state index in [1.807, 2.05) is 11.2 Å². The number of aromatic nitrogens is 6. The minimum Gasteiger partial charge on any atom is -0.346 e. The highest BCUT2D eigenvalue weighted by molar-refractivity contribution is 7.98. The van der Waals surface area contributed by atoms with Crippen LogP contribution in [-0.2, 0) is 0 Å². The summed E-state index contributed by atoms with van der Waals surface area (Å²) in [7, 11) is 0. The maximum absolute atomic E-state index is 14.3. The van der Waals surface area contributed by atoms with Gasteiger partial charge in [0, 0.05) is 6.54 Å². The van der Waals surface area contributed by atoms with Crippen LogP contribution in [-0.4, -0.2) is 42.3 Å². The van der Waals surface area contributed by atoms with Crippen LogP contribution in [0, 0.1) is 5.82 Å². The van der Waals surface area contributed by atoms with Crippen molar-refractivity contribution >= 4 is 51.1 Å². The Morgan fingerprint density at radius 1 is 1.11 bits per heavy atom. The minimum atomic E-state index is -0.484. The van der Waals surface area contributed by atoms with Crippen molar-refractivity contribution in [3.05, 3.63) is 86.2 Å². The van der Waals surface area contributed by atoms with Crippen molar-refractivity contribution in [3.63, 3.8) is 0 Å². The molecule has 1 saturated heterocycles. The van der Waals surface area contributed by atoms with E-state index in [0.717, 1.165) is 6.42 Å². The fourth-order valence-electron chi connectivity index (χ4n) is 4.83. The van der Waals surface area contributed by atoms with E-state index < -0.39 is 23.0 Å². The summed E-state index contributed by atoms with van der Waals surface area (Å²) < 4.78 is 15.7. The molecule has 1 N–H and O–H groups in total. The lowest BCUT2D eigenvalue weighted by molar-refractivity contribution is 0.616. The number of nitrogens with one attached hydrogen (secondary N) is 1. The van der Waals surface area contributed by atoms with Crippen LogP contribution < -0.4 is 16.0 Å². The molecule has 9 nitrogen and oxygen atoms in total. The van der Waals surface area contributed by atoms with Crippen LogP contribution in [0.25, 0.3) is 27.6 Å². The Morgan fingerprint density at radius 3 is 2.76 bits per heavy atom. The largest absolute Gasteiger partial charge is 0.346 e. The smallest absolute Gasteiger partial charge is 0.285 e. The molecule has 5 aromatic rings. The number of hydrogen-bond acceptors (Lipinski definition) is 8. The summed E-state index contributed by atoms with van der Waals surface area (Å²) in [6.45, 7) is 0.561. The number of hydrogen-bond donors (Lipinski definition) is 1. The Hall–Kier alpha value is -3.83. The van der Waals surface area contributed by atoms with Gasteiger partial charge in [-0.15, -0.1) is 0 Å². The van der Waals surface area contributed by atoms with Gasteiger partial charge in [-0.3, -0.25) is 14.2 Å². The van der Waals surface area contributed by atoms with E-state index >= 15 is 0 Å². The van der Waals surface area contributed by atoms with Crippen LogP contribution in [0.2, 0.25) is 5.02 Å². The van der Waals surface area contributed by atoms with Crippen LogP contribution in [0.5, 0.6) is 0 Å². The molecular formula is C25H19ClFN7O2S. The molecular weight excluding hydrogens is 517 g/mol. The Morgan fingerprint density at radius 2 is 1.95 bits per heavy atom. The Kier molecular flexibility index (Phi) is 5.88. The molecule has 2 aromatic carbocycles. The van der Waals surface area contributed by atoms with Gasteiger partial charge in [-0.05, 0) is 49.4 Å². The minimum absolute atomic E-state index is 0.250. The third-order valence-electron chi connectivity index (χ3n) is 6.41. The van der Waals surface area contributed by atoms with Crippen molar-refractivity contribution in [2.45, 2.75) is 24.0 Å². The second-order valence-electron chi connectivity index (χ2n) is 8.54. The lowest BCUT2D eigenvalue weighted by Gasteiger charge is -2.28. The SMILES string of the molecule is CSc1nc(N2CCCC2c2nc3cccc(Cl)c3c(=O)n2-c2cccc(F)c2)c2c(=O)nc[nH]c2n1. The predicted molar refractivity (Wildman–Crippen MR) is 141 cm³/mol. The summed E-state index contributed by atoms with van der Waals surface area (Å²) in [4.78, 5) is 49.4. The molecule has 6 rings (SSSR count). The molecule has 0 radical (unpaired) electrons. The zero-order chi connectivity index (χ0) is 25.7. The van der Waals surface area contributed by atoms with Gasteiger partial charge in [-0.1, -0.05) is 35.5 Å². The average molecular weight is 536 g/mol. The van der Waals surface area contributed by atoms with Gasteiger partial charge in [0.2, 0.25) is 0 Å². The molecule has 0 saturated carbocycles. The lowest BCUT2D eigenvalue weighted by atomic mass is 10.1. The number of halogens is 2. The lowest BCUT2D eigenvalue weighted by Crippen LogP contribution is -2.33. The van der Waals surface area contributed by atoms with E-state index in [0.29, 0.717) is 46.6 Å². The number of fused-ring (bicyclic) bond motifs is 2. The Bertz CT molecular complexity index is 1810. The number of thioether (sulfide) groups is 1. The molecule has 0 amide bonds. The number of H-pyrrole nitrogens is 1. The second-order valence-corrected chi connectivity index (χ2v) is 9.72. The topological polar surface area (TPSA) is 110 Å². The van der Waals surface area contributed by atoms with E-state index in [9.17, 15) is 14.0 Å². The van der Waals surface area contributed by atoms with E-state index in [1.54, 1.807) is 24.3 Å². The predicted octanol–water partition coefficient (Wildman–Crippen LogP) is 4.27. The highest BCUT2D eigenvalue weighted by atomic mass is 35.5. The zero-order valence-electron chi connectivity index (χ0n) is 19.5. The Labute approximate surface area is 218 Å². The number of anilines is 1. The summed E-state index contributed by atoms with van der Waals surface area (Å²) >= 11 is 7.75. The molecule has 1 atom stereocenters. The summed E-state index contributed by atoms with van der Waals surface area (Å²) in [5.41, 5.74) is 0.283. The molecule has 12 heteroatoms. The summed E-state index contributed by atoms with van der Waals surface area (Å²) in [6.07, 6.45) is 4.55. The third-order valence-corrected chi connectivity index (χ3v) is 7.27.